The Kier molecular flexibility index (Phi) is 7.58. The molecule has 0 saturated heterocycles. The van der Waals surface area contributed by atoms with E-state index in [-0.39, 0.29) is 18.0 Å². The summed E-state index contributed by atoms with van der Waals surface area (Å²) in [5.41, 5.74) is 1.95. The first-order valence-electron chi connectivity index (χ1n) is 9.36. The molecule has 0 heterocycles. The van der Waals surface area contributed by atoms with Gasteiger partial charge in [0.15, 0.2) is 0 Å². The molecule has 0 fully saturated rings. The molecule has 6 heteroatoms. The average molecular weight is 378 g/mol. The Balaban J connectivity index is 1.96. The number of hydrogen-bond donors (Lipinski definition) is 3. The van der Waals surface area contributed by atoms with E-state index in [1.807, 2.05) is 13.0 Å². The van der Waals surface area contributed by atoms with E-state index in [9.17, 15) is 9.59 Å². The van der Waals surface area contributed by atoms with Crippen LogP contribution < -0.4 is 16.0 Å². The summed E-state index contributed by atoms with van der Waals surface area (Å²) < 4.78 is 0. The molecule has 0 spiro atoms. The molecule has 0 aromatic heterocycles. The van der Waals surface area contributed by atoms with Gasteiger partial charge >= 0.3 is 6.03 Å². The fraction of sp³-hybridized carbons (Fsp3) is 0.318. The first kappa shape index (κ1) is 21.0. The largest absolute Gasteiger partial charge is 0.335 e. The first-order valence-corrected chi connectivity index (χ1v) is 9.36. The summed E-state index contributed by atoms with van der Waals surface area (Å²) in [7, 11) is 0. The lowest BCUT2D eigenvalue weighted by atomic mass is 10.0. The molecule has 1 unspecified atom stereocenters. The van der Waals surface area contributed by atoms with E-state index in [4.69, 9.17) is 5.26 Å². The summed E-state index contributed by atoms with van der Waals surface area (Å²) in [6.07, 6.45) is 1.96. The van der Waals surface area contributed by atoms with E-state index in [2.05, 4.69) is 29.8 Å². The lowest BCUT2D eigenvalue weighted by molar-refractivity contribution is 0.102. The highest BCUT2D eigenvalue weighted by Crippen LogP contribution is 2.15. The topological polar surface area (TPSA) is 94.0 Å². The van der Waals surface area contributed by atoms with E-state index in [1.165, 1.54) is 0 Å². The van der Waals surface area contributed by atoms with Gasteiger partial charge in [-0.2, -0.15) is 5.26 Å². The van der Waals surface area contributed by atoms with Gasteiger partial charge in [0.05, 0.1) is 11.6 Å². The molecule has 2 aromatic carbocycles. The Morgan fingerprint density at radius 1 is 0.964 bits per heavy atom. The van der Waals surface area contributed by atoms with Crippen molar-refractivity contribution in [2.75, 3.05) is 10.6 Å². The normalized spacial score (nSPS) is 11.4. The number of nitrogens with zero attached hydrogens (tertiary/aromatic N) is 1. The van der Waals surface area contributed by atoms with Crippen LogP contribution in [-0.2, 0) is 0 Å². The van der Waals surface area contributed by atoms with E-state index in [0.29, 0.717) is 28.4 Å². The fourth-order valence-electron chi connectivity index (χ4n) is 2.65. The zero-order valence-corrected chi connectivity index (χ0v) is 16.5. The van der Waals surface area contributed by atoms with Gasteiger partial charge in [0.1, 0.15) is 0 Å². The molecule has 0 aliphatic rings. The van der Waals surface area contributed by atoms with Crippen molar-refractivity contribution < 1.29 is 9.59 Å². The molecule has 0 aliphatic carbocycles. The van der Waals surface area contributed by atoms with Crippen molar-refractivity contribution in [2.24, 2.45) is 5.92 Å². The molecular weight excluding hydrogens is 352 g/mol. The molecular formula is C22H26N4O2. The van der Waals surface area contributed by atoms with E-state index in [0.717, 1.165) is 12.8 Å². The lowest BCUT2D eigenvalue weighted by Crippen LogP contribution is -2.36. The minimum atomic E-state index is -0.315. The Morgan fingerprint density at radius 3 is 2.32 bits per heavy atom. The molecule has 2 aromatic rings. The molecule has 0 aliphatic heterocycles. The Labute approximate surface area is 166 Å². The number of amides is 3. The van der Waals surface area contributed by atoms with Gasteiger partial charge in [-0.05, 0) is 62.1 Å². The standard InChI is InChI=1S/C22H26N4O2/c1-15(2)10-11-16(3)24-22(28)26-20-9-5-7-18(13-20)21(27)25-19-8-4-6-17(12-19)14-23/h4-9,12-13,15-16H,10-11H2,1-3H3,(H,25,27)(H2,24,26,28). The Hall–Kier alpha value is -3.33. The fourth-order valence-corrected chi connectivity index (χ4v) is 2.65. The second kappa shape index (κ2) is 10.1. The van der Waals surface area contributed by atoms with Crippen molar-refractivity contribution >= 4 is 23.3 Å². The number of anilines is 2. The van der Waals surface area contributed by atoms with Gasteiger partial charge in [-0.3, -0.25) is 4.79 Å². The molecule has 0 radical (unpaired) electrons. The van der Waals surface area contributed by atoms with E-state index >= 15 is 0 Å². The van der Waals surface area contributed by atoms with Crippen LogP contribution in [0.15, 0.2) is 48.5 Å². The van der Waals surface area contributed by atoms with E-state index < -0.39 is 0 Å². The third-order valence-electron chi connectivity index (χ3n) is 4.19. The highest BCUT2D eigenvalue weighted by molar-refractivity contribution is 6.05. The molecule has 3 amide bonds. The van der Waals surface area contributed by atoms with Crippen molar-refractivity contribution in [1.82, 2.24) is 5.32 Å². The molecule has 146 valence electrons. The van der Waals surface area contributed by atoms with Crippen molar-refractivity contribution in [3.63, 3.8) is 0 Å². The van der Waals surface area contributed by atoms with Crippen LogP contribution in [-0.4, -0.2) is 18.0 Å². The summed E-state index contributed by atoms with van der Waals surface area (Å²) in [4.78, 5) is 24.6. The second-order valence-corrected chi connectivity index (χ2v) is 7.20. The molecule has 6 nitrogen and oxygen atoms in total. The zero-order chi connectivity index (χ0) is 20.5. The van der Waals surface area contributed by atoms with Crippen LogP contribution >= 0.6 is 0 Å². The van der Waals surface area contributed by atoms with Crippen LogP contribution in [0.2, 0.25) is 0 Å². The third kappa shape index (κ3) is 6.76. The summed E-state index contributed by atoms with van der Waals surface area (Å²) >= 11 is 0. The van der Waals surface area contributed by atoms with Gasteiger partial charge < -0.3 is 16.0 Å². The van der Waals surface area contributed by atoms with Crippen LogP contribution in [0.25, 0.3) is 0 Å². The van der Waals surface area contributed by atoms with Crippen molar-refractivity contribution in [2.45, 2.75) is 39.7 Å². The van der Waals surface area contributed by atoms with Crippen LogP contribution in [0.4, 0.5) is 16.2 Å². The van der Waals surface area contributed by atoms with Crippen LogP contribution in [0, 0.1) is 17.2 Å². The summed E-state index contributed by atoms with van der Waals surface area (Å²) in [6.45, 7) is 6.28. The lowest BCUT2D eigenvalue weighted by Gasteiger charge is -2.16. The van der Waals surface area contributed by atoms with E-state index in [1.54, 1.807) is 48.5 Å². The molecule has 0 saturated carbocycles. The number of urea groups is 1. The van der Waals surface area contributed by atoms with Crippen molar-refractivity contribution in [1.29, 1.82) is 5.26 Å². The zero-order valence-electron chi connectivity index (χ0n) is 16.5. The molecule has 1 atom stereocenters. The average Bonchev–Trinajstić information content (AvgIpc) is 2.66. The minimum absolute atomic E-state index is 0.0706. The van der Waals surface area contributed by atoms with Gasteiger partial charge in [0.2, 0.25) is 0 Å². The first-order chi connectivity index (χ1) is 13.4. The van der Waals surface area contributed by atoms with Gasteiger partial charge in [0.25, 0.3) is 5.91 Å². The molecule has 2 rings (SSSR count). The number of hydrogen-bond acceptors (Lipinski definition) is 3. The maximum atomic E-state index is 12.5. The Bertz CT molecular complexity index is 871. The monoisotopic (exact) mass is 378 g/mol. The van der Waals surface area contributed by atoms with Gasteiger partial charge in [-0.1, -0.05) is 26.0 Å². The van der Waals surface area contributed by atoms with Crippen LogP contribution in [0.3, 0.4) is 0 Å². The smallest absolute Gasteiger partial charge is 0.319 e. The summed E-state index contributed by atoms with van der Waals surface area (Å²) in [6, 6.07) is 15.2. The van der Waals surface area contributed by atoms with Crippen LogP contribution in [0.5, 0.6) is 0 Å². The molecule has 0 bridgehead atoms. The summed E-state index contributed by atoms with van der Waals surface area (Å²) in [5.74, 6) is 0.279. The SMILES string of the molecule is CC(C)CCC(C)NC(=O)Nc1cccc(C(=O)Nc2cccc(C#N)c2)c1. The quantitative estimate of drug-likeness (QED) is 0.648. The number of carbonyl (C=O) groups is 2. The maximum Gasteiger partial charge on any atom is 0.319 e. The number of benzene rings is 2. The highest BCUT2D eigenvalue weighted by atomic mass is 16.2. The number of carbonyl (C=O) groups excluding carboxylic acids is 2. The predicted molar refractivity (Wildman–Crippen MR) is 111 cm³/mol. The third-order valence-corrected chi connectivity index (χ3v) is 4.19. The number of nitrogens with one attached hydrogen (secondary N) is 3. The van der Waals surface area contributed by atoms with Gasteiger partial charge in [-0.15, -0.1) is 0 Å². The highest BCUT2D eigenvalue weighted by Gasteiger charge is 2.11. The van der Waals surface area contributed by atoms with Gasteiger partial charge in [-0.25, -0.2) is 4.79 Å². The number of rotatable bonds is 7. The number of nitriles is 1. The maximum absolute atomic E-state index is 12.5. The molecule has 3 N–H and O–H groups in total. The molecule has 28 heavy (non-hydrogen) atoms. The second-order valence-electron chi connectivity index (χ2n) is 7.20. The van der Waals surface area contributed by atoms with Crippen molar-refractivity contribution in [3.05, 3.63) is 59.7 Å². The van der Waals surface area contributed by atoms with Crippen molar-refractivity contribution in [3.8, 4) is 6.07 Å². The van der Waals surface area contributed by atoms with Gasteiger partial charge in [0, 0.05) is 23.0 Å². The Morgan fingerprint density at radius 2 is 1.64 bits per heavy atom. The minimum Gasteiger partial charge on any atom is -0.335 e. The summed E-state index contributed by atoms with van der Waals surface area (Å²) in [5, 5.41) is 17.4. The van der Waals surface area contributed by atoms with Crippen LogP contribution in [0.1, 0.15) is 49.5 Å². The predicted octanol–water partition coefficient (Wildman–Crippen LogP) is 4.76.